The summed E-state index contributed by atoms with van der Waals surface area (Å²) in [5.74, 6) is 1.72. The van der Waals surface area contributed by atoms with Gasteiger partial charge in [0.15, 0.2) is 0 Å². The average Bonchev–Trinajstić information content (AvgIpc) is 2.42. The van der Waals surface area contributed by atoms with E-state index < -0.39 is 0 Å². The van der Waals surface area contributed by atoms with Crippen molar-refractivity contribution in [1.29, 1.82) is 0 Å². The van der Waals surface area contributed by atoms with E-state index in [1.54, 1.807) is 7.11 Å². The Morgan fingerprint density at radius 2 is 2.00 bits per heavy atom. The zero-order chi connectivity index (χ0) is 13.2. The second-order valence-electron chi connectivity index (χ2n) is 3.92. The maximum Gasteiger partial charge on any atom is 0.123 e. The van der Waals surface area contributed by atoms with Crippen LogP contribution in [0, 0.1) is 0 Å². The first-order valence-corrected chi connectivity index (χ1v) is 7.37. The Morgan fingerprint density at radius 1 is 1.17 bits per heavy atom. The number of unbranched alkanes of at least 4 members (excludes halogenated alkanes) is 1. The van der Waals surface area contributed by atoms with E-state index in [9.17, 15) is 0 Å². The van der Waals surface area contributed by atoms with Gasteiger partial charge in [-0.25, -0.2) is 0 Å². The number of alkyl halides is 1. The van der Waals surface area contributed by atoms with E-state index in [0.29, 0.717) is 13.2 Å². The Balaban J connectivity index is 2.37. The topological polar surface area (TPSA) is 27.7 Å². The summed E-state index contributed by atoms with van der Waals surface area (Å²) >= 11 is 3.45. The van der Waals surface area contributed by atoms with Crippen LogP contribution >= 0.6 is 15.9 Å². The van der Waals surface area contributed by atoms with Crippen LogP contribution in [0.4, 0.5) is 0 Å². The molecule has 0 N–H and O–H groups in total. The molecular weight excluding hydrogens is 296 g/mol. The highest BCUT2D eigenvalue weighted by atomic mass is 79.9. The smallest absolute Gasteiger partial charge is 0.123 e. The van der Waals surface area contributed by atoms with Gasteiger partial charge in [-0.05, 0) is 24.6 Å². The summed E-state index contributed by atoms with van der Waals surface area (Å²) in [6.07, 6.45) is 2.27. The maximum atomic E-state index is 5.70. The summed E-state index contributed by atoms with van der Waals surface area (Å²) in [6, 6.07) is 5.81. The summed E-state index contributed by atoms with van der Waals surface area (Å²) in [7, 11) is 1.66. The third kappa shape index (κ3) is 5.27. The second-order valence-corrected chi connectivity index (χ2v) is 4.48. The van der Waals surface area contributed by atoms with E-state index in [2.05, 4.69) is 22.9 Å². The SMILES string of the molecule is CCCCOCCOc1ccc(OC)cc1CBr. The Morgan fingerprint density at radius 3 is 2.67 bits per heavy atom. The van der Waals surface area contributed by atoms with Gasteiger partial charge in [-0.2, -0.15) is 0 Å². The van der Waals surface area contributed by atoms with E-state index in [1.807, 2.05) is 18.2 Å². The van der Waals surface area contributed by atoms with Gasteiger partial charge >= 0.3 is 0 Å². The molecule has 0 aliphatic rings. The highest BCUT2D eigenvalue weighted by Crippen LogP contribution is 2.26. The van der Waals surface area contributed by atoms with E-state index in [0.717, 1.165) is 41.8 Å². The van der Waals surface area contributed by atoms with Gasteiger partial charge in [0.1, 0.15) is 18.1 Å². The summed E-state index contributed by atoms with van der Waals surface area (Å²) in [4.78, 5) is 0. The molecule has 0 atom stereocenters. The fraction of sp³-hybridized carbons (Fsp3) is 0.571. The lowest BCUT2D eigenvalue weighted by atomic mass is 10.2. The molecular formula is C14H21BrO3. The molecule has 0 saturated carbocycles. The van der Waals surface area contributed by atoms with Crippen LogP contribution in [0.3, 0.4) is 0 Å². The van der Waals surface area contributed by atoms with Gasteiger partial charge in [0, 0.05) is 17.5 Å². The molecule has 0 bridgehead atoms. The first kappa shape index (κ1) is 15.3. The number of hydrogen-bond donors (Lipinski definition) is 0. The molecule has 4 heteroatoms. The molecule has 1 aromatic rings. The van der Waals surface area contributed by atoms with E-state index in [4.69, 9.17) is 14.2 Å². The first-order valence-electron chi connectivity index (χ1n) is 6.25. The largest absolute Gasteiger partial charge is 0.497 e. The lowest BCUT2D eigenvalue weighted by molar-refractivity contribution is 0.0978. The standard InChI is InChI=1S/C14H21BrO3/c1-3-4-7-17-8-9-18-14-6-5-13(16-2)10-12(14)11-15/h5-6,10H,3-4,7-9,11H2,1-2H3. The van der Waals surface area contributed by atoms with Crippen LogP contribution in [0.1, 0.15) is 25.3 Å². The lowest BCUT2D eigenvalue weighted by Crippen LogP contribution is -2.08. The highest BCUT2D eigenvalue weighted by Gasteiger charge is 2.04. The predicted octanol–water partition coefficient (Wildman–Crippen LogP) is 3.79. The van der Waals surface area contributed by atoms with Crippen LogP contribution in [-0.4, -0.2) is 26.9 Å². The highest BCUT2D eigenvalue weighted by molar-refractivity contribution is 9.08. The van der Waals surface area contributed by atoms with Crippen molar-refractivity contribution in [2.24, 2.45) is 0 Å². The number of halogens is 1. The minimum atomic E-state index is 0.579. The normalized spacial score (nSPS) is 10.4. The number of methoxy groups -OCH3 is 1. The fourth-order valence-electron chi connectivity index (χ4n) is 1.49. The molecule has 18 heavy (non-hydrogen) atoms. The van der Waals surface area contributed by atoms with E-state index in [1.165, 1.54) is 0 Å². The molecule has 0 heterocycles. The van der Waals surface area contributed by atoms with Gasteiger partial charge in [0.05, 0.1) is 13.7 Å². The van der Waals surface area contributed by atoms with Gasteiger partial charge in [-0.15, -0.1) is 0 Å². The van der Waals surface area contributed by atoms with Crippen molar-refractivity contribution in [1.82, 2.24) is 0 Å². The summed E-state index contributed by atoms with van der Waals surface area (Å²) in [5, 5.41) is 0.746. The summed E-state index contributed by atoms with van der Waals surface area (Å²) in [6.45, 7) is 4.18. The zero-order valence-corrected chi connectivity index (χ0v) is 12.7. The van der Waals surface area contributed by atoms with Gasteiger partial charge in [-0.1, -0.05) is 29.3 Å². The van der Waals surface area contributed by atoms with Crippen LogP contribution < -0.4 is 9.47 Å². The number of rotatable bonds is 9. The van der Waals surface area contributed by atoms with Crippen molar-refractivity contribution in [3.63, 3.8) is 0 Å². The van der Waals surface area contributed by atoms with Crippen molar-refractivity contribution in [2.45, 2.75) is 25.1 Å². The van der Waals surface area contributed by atoms with Crippen LogP contribution in [0.2, 0.25) is 0 Å². The summed E-state index contributed by atoms with van der Waals surface area (Å²) in [5.41, 5.74) is 1.09. The predicted molar refractivity (Wildman–Crippen MR) is 76.8 cm³/mol. The van der Waals surface area contributed by atoms with Crippen LogP contribution in [0.15, 0.2) is 18.2 Å². The quantitative estimate of drug-likeness (QED) is 0.512. The minimum Gasteiger partial charge on any atom is -0.497 e. The van der Waals surface area contributed by atoms with Gasteiger partial charge in [0.2, 0.25) is 0 Å². The van der Waals surface area contributed by atoms with Crippen molar-refractivity contribution < 1.29 is 14.2 Å². The van der Waals surface area contributed by atoms with Gasteiger partial charge < -0.3 is 14.2 Å². The van der Waals surface area contributed by atoms with Gasteiger partial charge in [-0.3, -0.25) is 0 Å². The molecule has 0 saturated heterocycles. The molecule has 0 aliphatic heterocycles. The fourth-order valence-corrected chi connectivity index (χ4v) is 1.93. The Labute approximate surface area is 118 Å². The molecule has 0 spiro atoms. The second kappa shape index (κ2) is 9.22. The molecule has 0 aromatic heterocycles. The molecule has 0 unspecified atom stereocenters. The third-order valence-electron chi connectivity index (χ3n) is 2.54. The lowest BCUT2D eigenvalue weighted by Gasteiger charge is -2.11. The number of benzene rings is 1. The monoisotopic (exact) mass is 316 g/mol. The molecule has 1 rings (SSSR count). The molecule has 3 nitrogen and oxygen atoms in total. The zero-order valence-electron chi connectivity index (χ0n) is 11.1. The molecule has 102 valence electrons. The average molecular weight is 317 g/mol. The van der Waals surface area contributed by atoms with Crippen LogP contribution in [-0.2, 0) is 10.1 Å². The van der Waals surface area contributed by atoms with Crippen LogP contribution in [0.25, 0.3) is 0 Å². The Hall–Kier alpha value is -0.740. The Bertz CT molecular complexity index is 342. The van der Waals surface area contributed by atoms with E-state index in [-0.39, 0.29) is 0 Å². The Kier molecular flexibility index (Phi) is 7.85. The molecule has 1 aromatic carbocycles. The molecule has 0 fully saturated rings. The molecule has 0 amide bonds. The van der Waals surface area contributed by atoms with Crippen molar-refractivity contribution in [3.8, 4) is 11.5 Å². The minimum absolute atomic E-state index is 0.579. The van der Waals surface area contributed by atoms with Crippen molar-refractivity contribution in [3.05, 3.63) is 23.8 Å². The maximum absolute atomic E-state index is 5.70. The number of ether oxygens (including phenoxy) is 3. The number of hydrogen-bond acceptors (Lipinski definition) is 3. The van der Waals surface area contributed by atoms with E-state index >= 15 is 0 Å². The van der Waals surface area contributed by atoms with Crippen LogP contribution in [0.5, 0.6) is 11.5 Å². The summed E-state index contributed by atoms with van der Waals surface area (Å²) < 4.78 is 16.3. The van der Waals surface area contributed by atoms with Gasteiger partial charge in [0.25, 0.3) is 0 Å². The molecule has 0 radical (unpaired) electrons. The third-order valence-corrected chi connectivity index (χ3v) is 3.14. The first-order chi connectivity index (χ1) is 8.81. The molecule has 0 aliphatic carbocycles. The van der Waals surface area contributed by atoms with Crippen molar-refractivity contribution in [2.75, 3.05) is 26.9 Å². The van der Waals surface area contributed by atoms with Crippen molar-refractivity contribution >= 4 is 15.9 Å².